The predicted octanol–water partition coefficient (Wildman–Crippen LogP) is 2.57. The molecule has 0 unspecified atom stereocenters. The molecule has 0 bridgehead atoms. The molecule has 3 rings (SSSR count). The van der Waals surface area contributed by atoms with Gasteiger partial charge in [0.1, 0.15) is 11.6 Å². The zero-order valence-corrected chi connectivity index (χ0v) is 19.9. The second-order valence-corrected chi connectivity index (χ2v) is 9.86. The first-order valence-electron chi connectivity index (χ1n) is 10.9. The first-order valence-corrected chi connectivity index (χ1v) is 12.3. The van der Waals surface area contributed by atoms with Crippen LogP contribution in [0.5, 0.6) is 0 Å². The van der Waals surface area contributed by atoms with Gasteiger partial charge in [-0.2, -0.15) is 0 Å². The lowest BCUT2D eigenvalue weighted by atomic mass is 10.2. The fraction of sp³-hybridized carbons (Fsp3) is 0.435. The van der Waals surface area contributed by atoms with E-state index in [1.54, 1.807) is 25.1 Å². The smallest absolute Gasteiger partial charge is 0.246 e. The average Bonchev–Trinajstić information content (AvgIpc) is 2.77. The molecule has 0 atom stereocenters. The molecule has 0 aliphatic carbocycles. The Labute approximate surface area is 190 Å². The van der Waals surface area contributed by atoms with Gasteiger partial charge in [0.25, 0.3) is 0 Å². The zero-order valence-electron chi connectivity index (χ0n) is 19.1. The molecular weight excluding hydrogens is 426 g/mol. The Morgan fingerprint density at radius 2 is 1.78 bits per heavy atom. The van der Waals surface area contributed by atoms with Crippen molar-refractivity contribution in [2.24, 2.45) is 0 Å². The second kappa shape index (κ2) is 10.2. The molecule has 8 nitrogen and oxygen atoms in total. The monoisotopic (exact) mass is 457 g/mol. The van der Waals surface area contributed by atoms with E-state index in [9.17, 15) is 13.2 Å². The number of rotatable bonds is 7. The maximum atomic E-state index is 12.6. The molecule has 0 saturated carbocycles. The maximum Gasteiger partial charge on any atom is 0.246 e. The largest absolute Gasteiger partial charge is 0.353 e. The molecule has 1 aromatic carbocycles. The minimum absolute atomic E-state index is 0.0595. The van der Waals surface area contributed by atoms with Gasteiger partial charge in [-0.15, -0.1) is 0 Å². The van der Waals surface area contributed by atoms with Crippen molar-refractivity contribution < 1.29 is 13.2 Å². The number of benzene rings is 1. The SMILES string of the molecule is CCNS(=O)(=O)c1ccc(/C=C/C(=O)N2CCN(c3cc(C)nc(C(C)C)n3)CC2)cc1. The molecule has 32 heavy (non-hydrogen) atoms. The summed E-state index contributed by atoms with van der Waals surface area (Å²) in [5.41, 5.74) is 1.72. The quantitative estimate of drug-likeness (QED) is 0.642. The van der Waals surface area contributed by atoms with Crippen molar-refractivity contribution in [2.45, 2.75) is 38.5 Å². The third kappa shape index (κ3) is 5.92. The Balaban J connectivity index is 1.58. The minimum atomic E-state index is -3.48. The number of nitrogens with one attached hydrogen (secondary N) is 1. The van der Waals surface area contributed by atoms with Gasteiger partial charge < -0.3 is 9.80 Å². The molecule has 1 N–H and O–H groups in total. The number of hydrogen-bond donors (Lipinski definition) is 1. The summed E-state index contributed by atoms with van der Waals surface area (Å²) in [6, 6.07) is 8.45. The second-order valence-electron chi connectivity index (χ2n) is 8.10. The van der Waals surface area contributed by atoms with Crippen molar-refractivity contribution in [3.8, 4) is 0 Å². The van der Waals surface area contributed by atoms with E-state index < -0.39 is 10.0 Å². The van der Waals surface area contributed by atoms with Gasteiger partial charge in [0.2, 0.25) is 15.9 Å². The van der Waals surface area contributed by atoms with Crippen molar-refractivity contribution in [3.63, 3.8) is 0 Å². The summed E-state index contributed by atoms with van der Waals surface area (Å²) in [6.45, 7) is 10.9. The van der Waals surface area contributed by atoms with Crippen LogP contribution in [0, 0.1) is 6.92 Å². The normalized spacial score (nSPS) is 15.0. The number of nitrogens with zero attached hydrogens (tertiary/aromatic N) is 4. The molecule has 0 radical (unpaired) electrons. The van der Waals surface area contributed by atoms with E-state index >= 15 is 0 Å². The van der Waals surface area contributed by atoms with Crippen LogP contribution in [0.4, 0.5) is 5.82 Å². The highest BCUT2D eigenvalue weighted by molar-refractivity contribution is 7.89. The summed E-state index contributed by atoms with van der Waals surface area (Å²) < 4.78 is 26.5. The third-order valence-electron chi connectivity index (χ3n) is 5.23. The molecule has 1 saturated heterocycles. The van der Waals surface area contributed by atoms with Crippen LogP contribution >= 0.6 is 0 Å². The third-order valence-corrected chi connectivity index (χ3v) is 6.79. The van der Waals surface area contributed by atoms with Crippen LogP contribution in [-0.4, -0.2) is 61.9 Å². The molecule has 9 heteroatoms. The van der Waals surface area contributed by atoms with Crippen molar-refractivity contribution in [1.29, 1.82) is 0 Å². The lowest BCUT2D eigenvalue weighted by Crippen LogP contribution is -2.48. The van der Waals surface area contributed by atoms with Crippen LogP contribution < -0.4 is 9.62 Å². The summed E-state index contributed by atoms with van der Waals surface area (Å²) in [6.07, 6.45) is 3.25. The number of sulfonamides is 1. The van der Waals surface area contributed by atoms with Gasteiger partial charge in [-0.1, -0.05) is 32.9 Å². The van der Waals surface area contributed by atoms with Gasteiger partial charge in [-0.05, 0) is 30.7 Å². The number of anilines is 1. The number of carbonyl (C=O) groups is 1. The fourth-order valence-electron chi connectivity index (χ4n) is 3.45. The van der Waals surface area contributed by atoms with Crippen LogP contribution in [0.3, 0.4) is 0 Å². The summed E-state index contributed by atoms with van der Waals surface area (Å²) in [5, 5.41) is 0. The molecule has 0 spiro atoms. The molecule has 1 aromatic heterocycles. The van der Waals surface area contributed by atoms with Crippen LogP contribution in [0.2, 0.25) is 0 Å². The summed E-state index contributed by atoms with van der Waals surface area (Å²) in [5.74, 6) is 1.96. The van der Waals surface area contributed by atoms with E-state index in [1.807, 2.05) is 17.9 Å². The standard InChI is InChI=1S/C23H31N5O3S/c1-5-24-32(30,31)20-9-6-19(7-10-20)8-11-22(29)28-14-12-27(13-15-28)21-16-18(4)25-23(26-21)17(2)3/h6-11,16-17,24H,5,12-15H2,1-4H3/b11-8+. The topological polar surface area (TPSA) is 95.5 Å². The van der Waals surface area contributed by atoms with E-state index in [-0.39, 0.29) is 16.7 Å². The number of piperazine rings is 1. The number of amides is 1. The fourth-order valence-corrected chi connectivity index (χ4v) is 4.50. The number of aromatic nitrogens is 2. The van der Waals surface area contributed by atoms with Gasteiger partial charge in [-0.3, -0.25) is 4.79 Å². The molecular formula is C23H31N5O3S. The van der Waals surface area contributed by atoms with E-state index in [2.05, 4.69) is 33.4 Å². The van der Waals surface area contributed by atoms with E-state index in [0.29, 0.717) is 32.7 Å². The highest BCUT2D eigenvalue weighted by Gasteiger charge is 2.21. The molecule has 2 heterocycles. The van der Waals surface area contributed by atoms with Gasteiger partial charge in [0, 0.05) is 56.5 Å². The number of hydrogen-bond acceptors (Lipinski definition) is 6. The Bertz CT molecular complexity index is 1070. The van der Waals surface area contributed by atoms with Gasteiger partial charge >= 0.3 is 0 Å². The van der Waals surface area contributed by atoms with Crippen molar-refractivity contribution in [2.75, 3.05) is 37.6 Å². The zero-order chi connectivity index (χ0) is 23.3. The molecule has 1 aliphatic heterocycles. The summed E-state index contributed by atoms with van der Waals surface area (Å²) in [4.78, 5) is 26.0. The molecule has 1 fully saturated rings. The van der Waals surface area contributed by atoms with Gasteiger partial charge in [-0.25, -0.2) is 23.1 Å². The Kier molecular flexibility index (Phi) is 7.63. The van der Waals surface area contributed by atoms with Crippen molar-refractivity contribution in [1.82, 2.24) is 19.6 Å². The molecule has 2 aromatic rings. The molecule has 1 amide bonds. The van der Waals surface area contributed by atoms with Crippen molar-refractivity contribution in [3.05, 3.63) is 53.5 Å². The predicted molar refractivity (Wildman–Crippen MR) is 126 cm³/mol. The first-order chi connectivity index (χ1) is 15.2. The van der Waals surface area contributed by atoms with Crippen LogP contribution in [-0.2, 0) is 14.8 Å². The van der Waals surface area contributed by atoms with Crippen molar-refractivity contribution >= 4 is 27.8 Å². The summed E-state index contributed by atoms with van der Waals surface area (Å²) in [7, 11) is -3.48. The van der Waals surface area contributed by atoms with E-state index in [0.717, 1.165) is 22.9 Å². The Morgan fingerprint density at radius 3 is 2.38 bits per heavy atom. The molecule has 172 valence electrons. The number of carbonyl (C=O) groups excluding carboxylic acids is 1. The minimum Gasteiger partial charge on any atom is -0.353 e. The lowest BCUT2D eigenvalue weighted by Gasteiger charge is -2.35. The lowest BCUT2D eigenvalue weighted by molar-refractivity contribution is -0.126. The van der Waals surface area contributed by atoms with E-state index in [1.165, 1.54) is 18.2 Å². The average molecular weight is 458 g/mol. The van der Waals surface area contributed by atoms with Gasteiger partial charge in [0.05, 0.1) is 4.90 Å². The van der Waals surface area contributed by atoms with Gasteiger partial charge in [0.15, 0.2) is 0 Å². The van der Waals surface area contributed by atoms with Crippen LogP contribution in [0.1, 0.15) is 43.8 Å². The van der Waals surface area contributed by atoms with Crippen LogP contribution in [0.25, 0.3) is 6.08 Å². The first kappa shape index (κ1) is 23.9. The highest BCUT2D eigenvalue weighted by Crippen LogP contribution is 2.19. The Morgan fingerprint density at radius 1 is 1.12 bits per heavy atom. The summed E-state index contributed by atoms with van der Waals surface area (Å²) >= 11 is 0. The molecule has 1 aliphatic rings. The maximum absolute atomic E-state index is 12.6. The highest BCUT2D eigenvalue weighted by atomic mass is 32.2. The van der Waals surface area contributed by atoms with E-state index in [4.69, 9.17) is 0 Å². The number of aryl methyl sites for hydroxylation is 1. The van der Waals surface area contributed by atoms with Crippen LogP contribution in [0.15, 0.2) is 41.3 Å². The Hall–Kier alpha value is -2.78.